The number of hydrogen-bond donors (Lipinski definition) is 2. The minimum Gasteiger partial charge on any atom is -0.480 e. The predicted molar refractivity (Wildman–Crippen MR) is 49.5 cm³/mol. The number of carbonyl (C=O) groups is 1. The molecule has 0 aromatic rings. The zero-order valence-electron chi connectivity index (χ0n) is 7.66. The molecule has 0 aliphatic carbocycles. The average molecular weight is 165 g/mol. The van der Waals surface area contributed by atoms with Gasteiger partial charge in [-0.2, -0.15) is 0 Å². The van der Waals surface area contributed by atoms with E-state index < -0.39 is 17.2 Å². The van der Waals surface area contributed by atoms with Crippen LogP contribution in [0.3, 0.4) is 0 Å². The molecule has 0 saturated heterocycles. The van der Waals surface area contributed by atoms with Crippen LogP contribution in [-0.2, 0) is 4.79 Å². The third kappa shape index (κ3) is 2.27. The first-order valence-corrected chi connectivity index (χ1v) is 3.81. The summed E-state index contributed by atoms with van der Waals surface area (Å²) in [4.78, 5) is 10.7. The van der Waals surface area contributed by atoms with Crippen molar-refractivity contribution in [2.24, 2.45) is 5.92 Å². The van der Waals surface area contributed by atoms with Crippen LogP contribution in [0.2, 0.25) is 5.21 Å². The van der Waals surface area contributed by atoms with Crippen LogP contribution in [0.5, 0.6) is 0 Å². The van der Waals surface area contributed by atoms with Crippen LogP contribution in [0.1, 0.15) is 13.8 Å². The topological polar surface area (TPSA) is 49.3 Å². The van der Waals surface area contributed by atoms with Crippen molar-refractivity contribution in [2.45, 2.75) is 25.1 Å². The lowest BCUT2D eigenvalue weighted by Crippen LogP contribution is -2.48. The van der Waals surface area contributed by atoms with Gasteiger partial charge in [-0.3, -0.25) is 4.79 Å². The fourth-order valence-corrected chi connectivity index (χ4v) is 0.921. The lowest BCUT2D eigenvalue weighted by atomic mass is 9.45. The number of hydrogen-bond acceptors (Lipinski definition) is 2. The summed E-state index contributed by atoms with van der Waals surface area (Å²) < 4.78 is 0. The van der Waals surface area contributed by atoms with Crippen LogP contribution in [0.25, 0.3) is 0 Å². The molecule has 1 atom stereocenters. The summed E-state index contributed by atoms with van der Waals surface area (Å²) in [6, 6.07) is -0.919. The first kappa shape index (κ1) is 11.6. The van der Waals surface area contributed by atoms with E-state index in [4.69, 9.17) is 20.8 Å². The molecule has 3 nitrogen and oxygen atoms in total. The third-order valence-electron chi connectivity index (χ3n) is 2.04. The Morgan fingerprint density at radius 3 is 2.00 bits per heavy atom. The van der Waals surface area contributed by atoms with Crippen molar-refractivity contribution < 1.29 is 9.90 Å². The number of rotatable bonds is 4. The Hall–Kier alpha value is -0.440. The van der Waals surface area contributed by atoms with Gasteiger partial charge in [-0.15, -0.1) is 0 Å². The van der Waals surface area contributed by atoms with Crippen molar-refractivity contribution in [1.29, 1.82) is 0 Å². The van der Waals surface area contributed by atoms with Gasteiger partial charge in [0.05, 0.1) is 21.7 Å². The van der Waals surface area contributed by atoms with E-state index in [0.717, 1.165) is 0 Å². The van der Waals surface area contributed by atoms with Crippen LogP contribution < -0.4 is 5.32 Å². The van der Waals surface area contributed by atoms with Crippen LogP contribution in [-0.4, -0.2) is 39.9 Å². The molecular formula is C7H13B2NO2. The van der Waals surface area contributed by atoms with Gasteiger partial charge in [-0.1, -0.05) is 25.0 Å². The number of aliphatic carboxylic acids is 1. The van der Waals surface area contributed by atoms with Gasteiger partial charge in [0.1, 0.15) is 0 Å². The summed E-state index contributed by atoms with van der Waals surface area (Å²) in [6.45, 7) is 3.57. The smallest absolute Gasteiger partial charge is 0.319 e. The molecule has 1 unspecified atom stereocenters. The van der Waals surface area contributed by atoms with Gasteiger partial charge in [0.2, 0.25) is 0 Å². The Balaban J connectivity index is 4.59. The maximum Gasteiger partial charge on any atom is 0.319 e. The minimum absolute atomic E-state index is 0.106. The lowest BCUT2D eigenvalue weighted by molar-refractivity contribution is -0.140. The second-order valence-electron chi connectivity index (χ2n) is 3.21. The van der Waals surface area contributed by atoms with Gasteiger partial charge in [0.15, 0.2) is 0 Å². The average Bonchev–Trinajstić information content (AvgIpc) is 1.86. The normalized spacial score (nSPS) is 14.7. The molecule has 0 aromatic heterocycles. The third-order valence-corrected chi connectivity index (χ3v) is 2.04. The van der Waals surface area contributed by atoms with Crippen LogP contribution in [0.15, 0.2) is 0 Å². The van der Waals surface area contributed by atoms with Crippen molar-refractivity contribution in [3.05, 3.63) is 0 Å². The largest absolute Gasteiger partial charge is 0.480 e. The number of carboxylic acids is 1. The molecular weight excluding hydrogens is 152 g/mol. The Morgan fingerprint density at radius 1 is 1.50 bits per heavy atom. The zero-order valence-corrected chi connectivity index (χ0v) is 7.66. The summed E-state index contributed by atoms with van der Waals surface area (Å²) >= 11 is 0. The van der Waals surface area contributed by atoms with Gasteiger partial charge in [-0.25, -0.2) is 0 Å². The monoisotopic (exact) mass is 165 g/mol. The number of carboxylic acid groups (broad SMARTS) is 1. The van der Waals surface area contributed by atoms with Crippen LogP contribution >= 0.6 is 0 Å². The molecule has 0 fully saturated rings. The summed E-state index contributed by atoms with van der Waals surface area (Å²) in [7, 11) is 12.8. The summed E-state index contributed by atoms with van der Waals surface area (Å²) in [5.74, 6) is -1.14. The van der Waals surface area contributed by atoms with Crippen LogP contribution in [0, 0.1) is 5.92 Å². The zero-order chi connectivity index (χ0) is 9.94. The van der Waals surface area contributed by atoms with Crippen molar-refractivity contribution in [1.82, 2.24) is 5.32 Å². The second kappa shape index (κ2) is 3.99. The molecule has 12 heavy (non-hydrogen) atoms. The molecule has 5 heteroatoms. The quantitative estimate of drug-likeness (QED) is 0.565. The summed E-state index contributed by atoms with van der Waals surface area (Å²) in [5, 5.41) is 10.1. The molecule has 0 aliphatic rings. The molecule has 64 valence electrons. The molecule has 4 radical (unpaired) electrons. The van der Waals surface area contributed by atoms with E-state index in [1.165, 1.54) is 7.05 Å². The second-order valence-corrected chi connectivity index (χ2v) is 3.21. The molecule has 0 spiro atoms. The van der Waals surface area contributed by atoms with E-state index in [1.54, 1.807) is 13.8 Å². The highest BCUT2D eigenvalue weighted by Crippen LogP contribution is 2.31. The molecule has 0 bridgehead atoms. The van der Waals surface area contributed by atoms with E-state index in [0.29, 0.717) is 0 Å². The maximum absolute atomic E-state index is 10.7. The van der Waals surface area contributed by atoms with Gasteiger partial charge >= 0.3 is 5.97 Å². The van der Waals surface area contributed by atoms with Crippen molar-refractivity contribution in [3.8, 4) is 0 Å². The molecule has 0 aromatic carbocycles. The Labute approximate surface area is 75.7 Å². The van der Waals surface area contributed by atoms with Gasteiger partial charge in [0.25, 0.3) is 0 Å². The van der Waals surface area contributed by atoms with Crippen LogP contribution in [0.4, 0.5) is 0 Å². The van der Waals surface area contributed by atoms with Gasteiger partial charge in [0, 0.05) is 0 Å². The standard InChI is InChI=1S/C7H13B2NO2/c1-4(2)7(8,9)5(10-3)6(11)12/h4-5,10H,1-3H3,(H,11,12). The van der Waals surface area contributed by atoms with E-state index >= 15 is 0 Å². The first-order valence-electron chi connectivity index (χ1n) is 3.81. The van der Waals surface area contributed by atoms with E-state index in [-0.39, 0.29) is 5.92 Å². The fraction of sp³-hybridized carbons (Fsp3) is 0.857. The van der Waals surface area contributed by atoms with Gasteiger partial charge in [-0.05, 0) is 7.05 Å². The highest BCUT2D eigenvalue weighted by molar-refractivity contribution is 6.41. The van der Waals surface area contributed by atoms with E-state index in [9.17, 15) is 4.79 Å². The lowest BCUT2D eigenvalue weighted by Gasteiger charge is -2.36. The molecule has 2 N–H and O–H groups in total. The Morgan fingerprint density at radius 2 is 1.92 bits per heavy atom. The molecule has 0 amide bonds. The molecule has 0 heterocycles. The van der Waals surface area contributed by atoms with Crippen molar-refractivity contribution >= 4 is 21.7 Å². The summed E-state index contributed by atoms with van der Waals surface area (Å²) in [6.07, 6.45) is 0. The SMILES string of the molecule is [B]C([B])(C(C)C)C(NC)C(=O)O. The Kier molecular flexibility index (Phi) is 3.84. The van der Waals surface area contributed by atoms with E-state index in [2.05, 4.69) is 5.32 Å². The fourth-order valence-electron chi connectivity index (χ4n) is 0.921. The summed E-state index contributed by atoms with van der Waals surface area (Å²) in [5.41, 5.74) is 0. The predicted octanol–water partition coefficient (Wildman–Crippen LogP) is -0.232. The molecule has 0 aliphatic heterocycles. The minimum atomic E-state index is -1.22. The van der Waals surface area contributed by atoms with E-state index in [1.807, 2.05) is 0 Å². The maximum atomic E-state index is 10.7. The van der Waals surface area contributed by atoms with Crippen molar-refractivity contribution in [3.63, 3.8) is 0 Å². The Bertz CT molecular complexity index is 171. The first-order chi connectivity index (χ1) is 5.34. The van der Waals surface area contributed by atoms with Crippen molar-refractivity contribution in [2.75, 3.05) is 7.05 Å². The van der Waals surface area contributed by atoms with Gasteiger partial charge < -0.3 is 10.4 Å². The number of likely N-dealkylation sites (N-methyl/N-ethyl adjacent to an activating group) is 1. The highest BCUT2D eigenvalue weighted by Gasteiger charge is 2.35. The highest BCUT2D eigenvalue weighted by atomic mass is 16.4. The molecule has 0 rings (SSSR count). The molecule has 0 saturated carbocycles. The number of nitrogens with one attached hydrogen (secondary N) is 1.